The summed E-state index contributed by atoms with van der Waals surface area (Å²) >= 11 is 6.23. The van der Waals surface area contributed by atoms with E-state index >= 15 is 0 Å². The first-order chi connectivity index (χ1) is 14.8. The number of rotatable bonds is 7. The summed E-state index contributed by atoms with van der Waals surface area (Å²) < 4.78 is 6.95. The number of halogens is 1. The van der Waals surface area contributed by atoms with Crippen LogP contribution in [0.1, 0.15) is 27.2 Å². The van der Waals surface area contributed by atoms with Crippen molar-refractivity contribution in [3.63, 3.8) is 0 Å². The van der Waals surface area contributed by atoms with Gasteiger partial charge in [0.2, 0.25) is 5.69 Å². The molecule has 0 saturated heterocycles. The van der Waals surface area contributed by atoms with Crippen LogP contribution in [0.3, 0.4) is 0 Å². The lowest BCUT2D eigenvalue weighted by atomic mass is 10.1. The van der Waals surface area contributed by atoms with E-state index in [-0.39, 0.29) is 25.4 Å². The quantitative estimate of drug-likeness (QED) is 0.565. The zero-order valence-electron chi connectivity index (χ0n) is 17.5. The van der Waals surface area contributed by atoms with Gasteiger partial charge in [-0.1, -0.05) is 35.9 Å². The molecule has 31 heavy (non-hydrogen) atoms. The summed E-state index contributed by atoms with van der Waals surface area (Å²) in [6.07, 6.45) is 0. The number of aryl methyl sites for hydroxylation is 2. The summed E-state index contributed by atoms with van der Waals surface area (Å²) in [5.74, 6) is -0.687. The molecule has 2 aromatic carbocycles. The number of nitrogens with zero attached hydrogens (tertiary/aromatic N) is 3. The molecule has 0 aliphatic heterocycles. The van der Waals surface area contributed by atoms with E-state index in [1.165, 1.54) is 7.11 Å². The first kappa shape index (κ1) is 22.5. The molecule has 0 aliphatic rings. The fraction of sp³-hybridized carbons (Fsp3) is 0.273. The molecule has 0 aliphatic carbocycles. The van der Waals surface area contributed by atoms with E-state index in [1.54, 1.807) is 36.4 Å². The lowest BCUT2D eigenvalue weighted by Gasteiger charge is -2.13. The molecule has 3 aromatic rings. The molecule has 9 heteroatoms. The zero-order valence-corrected chi connectivity index (χ0v) is 18.3. The van der Waals surface area contributed by atoms with E-state index in [4.69, 9.17) is 16.3 Å². The molecule has 3 rings (SSSR count). The number of hydrogen-bond donors (Lipinski definition) is 1. The summed E-state index contributed by atoms with van der Waals surface area (Å²) in [6, 6.07) is 12.2. The van der Waals surface area contributed by atoms with Crippen LogP contribution in [0.5, 0.6) is 0 Å². The van der Waals surface area contributed by atoms with Crippen LogP contribution in [0, 0.1) is 13.8 Å². The number of carbonyl (C=O) groups is 1. The number of amides is 1. The number of carbonyl (C=O) groups excluding carboxylic acids is 1. The van der Waals surface area contributed by atoms with Crippen molar-refractivity contribution >= 4 is 17.5 Å². The molecule has 1 amide bonds. The van der Waals surface area contributed by atoms with Crippen LogP contribution in [-0.4, -0.2) is 40.5 Å². The van der Waals surface area contributed by atoms with E-state index in [1.807, 2.05) is 19.9 Å². The SMILES string of the molecule is COCCNC(=O)c1nn(-c2ccc(C)c(C)c2)c(=O)n(Cc2ccccc2Cl)c1=O. The van der Waals surface area contributed by atoms with Gasteiger partial charge in [0.15, 0.2) is 0 Å². The van der Waals surface area contributed by atoms with E-state index in [0.717, 1.165) is 20.4 Å². The molecule has 1 N–H and O–H groups in total. The highest BCUT2D eigenvalue weighted by molar-refractivity contribution is 6.31. The zero-order chi connectivity index (χ0) is 22.5. The Morgan fingerprint density at radius 3 is 2.55 bits per heavy atom. The molecule has 1 aromatic heterocycles. The van der Waals surface area contributed by atoms with Gasteiger partial charge in [-0.05, 0) is 48.7 Å². The number of methoxy groups -OCH3 is 1. The summed E-state index contributed by atoms with van der Waals surface area (Å²) in [5.41, 5.74) is 1.17. The minimum atomic E-state index is -0.792. The van der Waals surface area contributed by atoms with Crippen LogP contribution >= 0.6 is 11.6 Å². The fourth-order valence-corrected chi connectivity index (χ4v) is 3.16. The minimum absolute atomic E-state index is 0.0942. The summed E-state index contributed by atoms with van der Waals surface area (Å²) in [7, 11) is 1.50. The van der Waals surface area contributed by atoms with Gasteiger partial charge in [0.25, 0.3) is 11.5 Å². The Balaban J connectivity index is 2.18. The van der Waals surface area contributed by atoms with Gasteiger partial charge < -0.3 is 10.1 Å². The van der Waals surface area contributed by atoms with E-state index in [9.17, 15) is 14.4 Å². The molecular formula is C22H23ClN4O4. The average molecular weight is 443 g/mol. The third-order valence-electron chi connectivity index (χ3n) is 4.89. The van der Waals surface area contributed by atoms with E-state index in [2.05, 4.69) is 10.4 Å². The predicted octanol–water partition coefficient (Wildman–Crippen LogP) is 2.09. The summed E-state index contributed by atoms with van der Waals surface area (Å²) in [5, 5.41) is 7.09. The molecular weight excluding hydrogens is 420 g/mol. The fourth-order valence-electron chi connectivity index (χ4n) is 2.97. The van der Waals surface area contributed by atoms with Gasteiger partial charge >= 0.3 is 5.69 Å². The first-order valence-electron chi connectivity index (χ1n) is 9.66. The van der Waals surface area contributed by atoms with Crippen LogP contribution in [0.15, 0.2) is 52.1 Å². The van der Waals surface area contributed by atoms with Gasteiger partial charge in [-0.25, -0.2) is 4.79 Å². The van der Waals surface area contributed by atoms with E-state index in [0.29, 0.717) is 16.3 Å². The van der Waals surface area contributed by atoms with Gasteiger partial charge in [0.1, 0.15) is 0 Å². The second kappa shape index (κ2) is 9.72. The number of ether oxygens (including phenoxy) is 1. The van der Waals surface area contributed by atoms with Gasteiger partial charge in [-0.2, -0.15) is 9.78 Å². The maximum Gasteiger partial charge on any atom is 0.352 e. The Morgan fingerprint density at radius 2 is 1.87 bits per heavy atom. The maximum absolute atomic E-state index is 13.2. The Labute approximate surface area is 184 Å². The van der Waals surface area contributed by atoms with E-state index < -0.39 is 17.2 Å². The van der Waals surface area contributed by atoms with Crippen LogP contribution < -0.4 is 16.6 Å². The third kappa shape index (κ3) is 4.92. The molecule has 0 saturated carbocycles. The molecule has 0 atom stereocenters. The molecule has 0 bridgehead atoms. The number of aromatic nitrogens is 3. The lowest BCUT2D eigenvalue weighted by Crippen LogP contribution is -2.46. The second-order valence-corrected chi connectivity index (χ2v) is 7.45. The Morgan fingerprint density at radius 1 is 1.13 bits per heavy atom. The van der Waals surface area contributed by atoms with Crippen molar-refractivity contribution in [3.8, 4) is 5.69 Å². The van der Waals surface area contributed by atoms with Crippen LogP contribution in [0.4, 0.5) is 0 Å². The van der Waals surface area contributed by atoms with Crippen molar-refractivity contribution in [2.45, 2.75) is 20.4 Å². The first-order valence-corrected chi connectivity index (χ1v) is 10.0. The second-order valence-electron chi connectivity index (χ2n) is 7.04. The highest BCUT2D eigenvalue weighted by Crippen LogP contribution is 2.15. The van der Waals surface area contributed by atoms with Crippen LogP contribution in [0.25, 0.3) is 5.69 Å². The van der Waals surface area contributed by atoms with Crippen molar-refractivity contribution in [3.05, 3.63) is 90.7 Å². The maximum atomic E-state index is 13.2. The summed E-state index contributed by atoms with van der Waals surface area (Å²) in [6.45, 7) is 4.23. The number of hydrogen-bond acceptors (Lipinski definition) is 5. The molecule has 0 fully saturated rings. The minimum Gasteiger partial charge on any atom is -0.383 e. The molecule has 0 unspecified atom stereocenters. The summed E-state index contributed by atoms with van der Waals surface area (Å²) in [4.78, 5) is 38.9. The Hall–Kier alpha value is -3.23. The van der Waals surface area contributed by atoms with Crippen molar-refractivity contribution in [1.82, 2.24) is 19.7 Å². The molecule has 1 heterocycles. The van der Waals surface area contributed by atoms with Crippen molar-refractivity contribution in [2.75, 3.05) is 20.3 Å². The Kier molecular flexibility index (Phi) is 7.04. The monoisotopic (exact) mass is 442 g/mol. The van der Waals surface area contributed by atoms with Gasteiger partial charge in [-0.15, -0.1) is 0 Å². The smallest absolute Gasteiger partial charge is 0.352 e. The van der Waals surface area contributed by atoms with Gasteiger partial charge in [-0.3, -0.25) is 14.2 Å². The van der Waals surface area contributed by atoms with Gasteiger partial charge in [0.05, 0.1) is 18.8 Å². The predicted molar refractivity (Wildman–Crippen MR) is 118 cm³/mol. The van der Waals surface area contributed by atoms with Crippen molar-refractivity contribution in [2.24, 2.45) is 0 Å². The molecule has 0 radical (unpaired) electrons. The largest absolute Gasteiger partial charge is 0.383 e. The van der Waals surface area contributed by atoms with Crippen molar-refractivity contribution in [1.29, 1.82) is 0 Å². The van der Waals surface area contributed by atoms with Crippen LogP contribution in [0.2, 0.25) is 5.02 Å². The topological polar surface area (TPSA) is 95.2 Å². The number of nitrogens with one attached hydrogen (secondary N) is 1. The highest BCUT2D eigenvalue weighted by Gasteiger charge is 2.21. The molecule has 0 spiro atoms. The third-order valence-corrected chi connectivity index (χ3v) is 5.26. The lowest BCUT2D eigenvalue weighted by molar-refractivity contribution is 0.0927. The highest BCUT2D eigenvalue weighted by atomic mass is 35.5. The number of benzene rings is 2. The van der Waals surface area contributed by atoms with Crippen LogP contribution in [-0.2, 0) is 11.3 Å². The van der Waals surface area contributed by atoms with Crippen molar-refractivity contribution < 1.29 is 9.53 Å². The molecule has 162 valence electrons. The average Bonchev–Trinajstić information content (AvgIpc) is 2.74. The molecule has 8 nitrogen and oxygen atoms in total. The standard InChI is InChI=1S/C22H23ClN4O4/c1-14-8-9-17(12-15(14)2)27-22(30)26(13-16-6-4-5-7-18(16)23)21(29)19(25-27)20(28)24-10-11-31-3/h4-9,12H,10-11,13H2,1-3H3,(H,24,28). The normalized spacial score (nSPS) is 10.8. The van der Waals surface area contributed by atoms with Gasteiger partial charge in [0, 0.05) is 18.7 Å². The Bertz CT molecular complexity index is 1230.